The van der Waals surface area contributed by atoms with Crippen molar-refractivity contribution in [3.05, 3.63) is 12.2 Å². The van der Waals surface area contributed by atoms with E-state index in [1.54, 1.807) is 27.2 Å². The van der Waals surface area contributed by atoms with E-state index in [-0.39, 0.29) is 12.2 Å². The molecule has 14 heavy (non-hydrogen) atoms. The molecule has 0 unspecified atom stereocenters. The lowest BCUT2D eigenvalue weighted by Gasteiger charge is -2.24. The Morgan fingerprint density at radius 1 is 1.36 bits per heavy atom. The van der Waals surface area contributed by atoms with Crippen LogP contribution in [0.3, 0.4) is 0 Å². The van der Waals surface area contributed by atoms with Crippen molar-refractivity contribution in [2.24, 2.45) is 0 Å². The van der Waals surface area contributed by atoms with Gasteiger partial charge in [-0.2, -0.15) is 0 Å². The molecule has 0 spiro atoms. The van der Waals surface area contributed by atoms with Crippen molar-refractivity contribution in [3.63, 3.8) is 0 Å². The van der Waals surface area contributed by atoms with Gasteiger partial charge in [-0.1, -0.05) is 13.0 Å². The van der Waals surface area contributed by atoms with Crippen LogP contribution in [0.5, 0.6) is 0 Å². The zero-order valence-corrected chi connectivity index (χ0v) is 10.2. The Hall–Kier alpha value is -0.653. The number of hydrogen-bond donors (Lipinski definition) is 0. The highest BCUT2D eigenvalue weighted by molar-refractivity contribution is 6.67. The molecule has 0 aliphatic carbocycles. The summed E-state index contributed by atoms with van der Waals surface area (Å²) in [6.45, 7) is 3.72. The Morgan fingerprint density at radius 3 is 2.29 bits per heavy atom. The second-order valence-electron chi connectivity index (χ2n) is 2.78. The van der Waals surface area contributed by atoms with Crippen LogP contribution in [0.2, 0.25) is 6.04 Å². The van der Waals surface area contributed by atoms with Crippen LogP contribution in [0.4, 0.5) is 0 Å². The van der Waals surface area contributed by atoms with E-state index < -0.39 is 8.56 Å². The first-order chi connectivity index (χ1) is 6.64. The van der Waals surface area contributed by atoms with Crippen LogP contribution in [-0.2, 0) is 18.4 Å². The van der Waals surface area contributed by atoms with Crippen molar-refractivity contribution in [1.82, 2.24) is 0 Å². The molecule has 5 heteroatoms. The molecule has 0 saturated heterocycles. The van der Waals surface area contributed by atoms with Gasteiger partial charge in [-0.15, -0.1) is 0 Å². The van der Waals surface area contributed by atoms with Gasteiger partial charge in [0, 0.05) is 20.3 Å². The van der Waals surface area contributed by atoms with Gasteiger partial charge >= 0.3 is 14.5 Å². The molecule has 0 atom stereocenters. The molecule has 0 heterocycles. The molecule has 0 aliphatic rings. The molecular formula is C9H18O4Si. The summed E-state index contributed by atoms with van der Waals surface area (Å²) in [6, 6.07) is 0.753. The number of ether oxygens (including phenoxy) is 1. The Bertz CT molecular complexity index is 191. The van der Waals surface area contributed by atoms with Gasteiger partial charge in [0.2, 0.25) is 0 Å². The first-order valence-electron chi connectivity index (χ1n) is 4.54. The molecule has 0 amide bonds. The number of allylic oxidation sites excluding steroid dienone is 1. The fourth-order valence-corrected chi connectivity index (χ4v) is 2.50. The van der Waals surface area contributed by atoms with Crippen molar-refractivity contribution < 1.29 is 18.4 Å². The summed E-state index contributed by atoms with van der Waals surface area (Å²) in [5.41, 5.74) is 0. The maximum Gasteiger partial charge on any atom is 0.376 e. The predicted molar refractivity (Wildman–Crippen MR) is 56.0 cm³/mol. The number of carbonyl (C=O) groups is 1. The Morgan fingerprint density at radius 2 is 1.93 bits per heavy atom. The number of rotatable bonds is 6. The minimum Gasteiger partial charge on any atom is -0.461 e. The quantitative estimate of drug-likeness (QED) is 0.384. The van der Waals surface area contributed by atoms with E-state index in [0.29, 0.717) is 0 Å². The molecular weight excluding hydrogens is 200 g/mol. The molecule has 4 nitrogen and oxygen atoms in total. The van der Waals surface area contributed by atoms with Gasteiger partial charge in [0.25, 0.3) is 0 Å². The number of esters is 1. The second kappa shape index (κ2) is 6.75. The number of hydrogen-bond acceptors (Lipinski definition) is 4. The Kier molecular flexibility index (Phi) is 6.43. The van der Waals surface area contributed by atoms with Crippen molar-refractivity contribution in [1.29, 1.82) is 0 Å². The largest absolute Gasteiger partial charge is 0.461 e. The van der Waals surface area contributed by atoms with E-state index in [1.165, 1.54) is 6.08 Å². The lowest BCUT2D eigenvalue weighted by molar-refractivity contribution is -0.136. The van der Waals surface area contributed by atoms with Crippen LogP contribution in [0.15, 0.2) is 12.2 Å². The van der Waals surface area contributed by atoms with Crippen molar-refractivity contribution in [3.8, 4) is 0 Å². The minimum absolute atomic E-state index is 0.236. The fourth-order valence-electron chi connectivity index (χ4n) is 0.957. The van der Waals surface area contributed by atoms with Gasteiger partial charge in [-0.05, 0) is 13.0 Å². The third-order valence-electron chi connectivity index (χ3n) is 2.02. The maximum absolute atomic E-state index is 11.0. The van der Waals surface area contributed by atoms with Crippen molar-refractivity contribution in [2.45, 2.75) is 19.9 Å². The summed E-state index contributed by atoms with van der Waals surface area (Å²) in [7, 11) is 0.886. The first-order valence-corrected chi connectivity index (χ1v) is 6.77. The lowest BCUT2D eigenvalue weighted by atomic mass is 10.5. The van der Waals surface area contributed by atoms with Crippen LogP contribution in [-0.4, -0.2) is 35.0 Å². The van der Waals surface area contributed by atoms with E-state index in [9.17, 15) is 4.79 Å². The van der Waals surface area contributed by atoms with Gasteiger partial charge in [0.15, 0.2) is 0 Å². The smallest absolute Gasteiger partial charge is 0.376 e. The minimum atomic E-state index is -2.29. The number of carbonyl (C=O) groups excluding carboxylic acids is 1. The molecule has 0 fully saturated rings. The highest BCUT2D eigenvalue weighted by atomic mass is 28.4. The zero-order valence-electron chi connectivity index (χ0n) is 9.20. The topological polar surface area (TPSA) is 44.8 Å². The molecule has 0 N–H and O–H groups in total. The van der Waals surface area contributed by atoms with Gasteiger partial charge in [0.1, 0.15) is 6.23 Å². The van der Waals surface area contributed by atoms with E-state index in [4.69, 9.17) is 13.6 Å². The SMILES string of the molecule is CC=CC(=O)OC[Si](CC)(OC)OC. The van der Waals surface area contributed by atoms with E-state index in [2.05, 4.69) is 0 Å². The average Bonchev–Trinajstić information content (AvgIpc) is 2.21. The Labute approximate surface area is 86.1 Å². The van der Waals surface area contributed by atoms with Crippen LogP contribution < -0.4 is 0 Å². The molecule has 0 rings (SSSR count). The molecule has 0 radical (unpaired) electrons. The van der Waals surface area contributed by atoms with Gasteiger partial charge in [0.05, 0.1) is 0 Å². The third-order valence-corrected chi connectivity index (χ3v) is 5.17. The lowest BCUT2D eigenvalue weighted by Crippen LogP contribution is -2.45. The summed E-state index contributed by atoms with van der Waals surface area (Å²) in [4.78, 5) is 11.0. The van der Waals surface area contributed by atoms with E-state index in [1.807, 2.05) is 6.92 Å². The molecule has 0 aromatic rings. The predicted octanol–water partition coefficient (Wildman–Crippen LogP) is 1.40. The van der Waals surface area contributed by atoms with Gasteiger partial charge < -0.3 is 13.6 Å². The molecule has 0 aromatic heterocycles. The summed E-state index contributed by atoms with van der Waals surface area (Å²) in [6.07, 6.45) is 3.25. The highest BCUT2D eigenvalue weighted by Gasteiger charge is 2.35. The Balaban J connectivity index is 4.12. The van der Waals surface area contributed by atoms with Crippen molar-refractivity contribution >= 4 is 14.5 Å². The van der Waals surface area contributed by atoms with Crippen molar-refractivity contribution in [2.75, 3.05) is 20.4 Å². The summed E-state index contributed by atoms with van der Waals surface area (Å²) in [5.74, 6) is -0.355. The summed E-state index contributed by atoms with van der Waals surface area (Å²) < 4.78 is 15.6. The normalized spacial score (nSPS) is 12.0. The first kappa shape index (κ1) is 13.3. The fraction of sp³-hybridized carbons (Fsp3) is 0.667. The molecule has 0 saturated carbocycles. The zero-order chi connectivity index (χ0) is 11.0. The van der Waals surface area contributed by atoms with Crippen LogP contribution in [0.25, 0.3) is 0 Å². The highest BCUT2D eigenvalue weighted by Crippen LogP contribution is 2.11. The van der Waals surface area contributed by atoms with Crippen LogP contribution in [0, 0.1) is 0 Å². The van der Waals surface area contributed by atoms with Crippen LogP contribution >= 0.6 is 0 Å². The molecule has 82 valence electrons. The summed E-state index contributed by atoms with van der Waals surface area (Å²) in [5, 5.41) is 0. The second-order valence-corrected chi connectivity index (χ2v) is 6.41. The monoisotopic (exact) mass is 218 g/mol. The van der Waals surface area contributed by atoms with E-state index >= 15 is 0 Å². The molecule has 0 aliphatic heterocycles. The van der Waals surface area contributed by atoms with E-state index in [0.717, 1.165) is 6.04 Å². The molecule has 0 bridgehead atoms. The van der Waals surface area contributed by atoms with Crippen LogP contribution in [0.1, 0.15) is 13.8 Å². The maximum atomic E-state index is 11.0. The van der Waals surface area contributed by atoms with Gasteiger partial charge in [-0.3, -0.25) is 0 Å². The van der Waals surface area contributed by atoms with Gasteiger partial charge in [-0.25, -0.2) is 4.79 Å². The summed E-state index contributed by atoms with van der Waals surface area (Å²) >= 11 is 0. The average molecular weight is 218 g/mol. The molecule has 0 aromatic carbocycles. The standard InChI is InChI=1S/C9H18O4Si/c1-5-7-9(10)13-8-14(6-2,11-3)12-4/h5,7H,6,8H2,1-4H3. The third kappa shape index (κ3) is 4.04.